The minimum atomic E-state index is -0.797. The normalized spacial score (nSPS) is 34.7. The number of nitrogens with one attached hydrogen (secondary N) is 1. The van der Waals surface area contributed by atoms with Crippen LogP contribution in [0.25, 0.3) is 0 Å². The Morgan fingerprint density at radius 1 is 1.30 bits per heavy atom. The van der Waals surface area contributed by atoms with E-state index in [-0.39, 0.29) is 6.03 Å². The summed E-state index contributed by atoms with van der Waals surface area (Å²) in [6.07, 6.45) is 8.83. The van der Waals surface area contributed by atoms with Gasteiger partial charge in [0.2, 0.25) is 0 Å². The second-order valence-corrected chi connectivity index (χ2v) is 6.33. The van der Waals surface area contributed by atoms with Crippen molar-refractivity contribution in [3.05, 3.63) is 12.2 Å². The molecular formula is C15H22N2O3. The highest BCUT2D eigenvalue weighted by Crippen LogP contribution is 2.44. The van der Waals surface area contributed by atoms with Gasteiger partial charge in [-0.15, -0.1) is 0 Å². The summed E-state index contributed by atoms with van der Waals surface area (Å²) >= 11 is 0. The van der Waals surface area contributed by atoms with Crippen molar-refractivity contribution < 1.29 is 14.7 Å². The number of carboxylic acid groups (broad SMARTS) is 1. The number of aliphatic carboxylic acids is 1. The Kier molecular flexibility index (Phi) is 3.68. The van der Waals surface area contributed by atoms with Gasteiger partial charge in [-0.1, -0.05) is 12.2 Å². The zero-order valence-electron chi connectivity index (χ0n) is 11.6. The van der Waals surface area contributed by atoms with Gasteiger partial charge in [-0.05, 0) is 43.4 Å². The van der Waals surface area contributed by atoms with Gasteiger partial charge in [-0.3, -0.25) is 4.79 Å². The van der Waals surface area contributed by atoms with Gasteiger partial charge in [-0.2, -0.15) is 0 Å². The van der Waals surface area contributed by atoms with Gasteiger partial charge in [-0.25, -0.2) is 4.79 Å². The number of carbonyl (C=O) groups excluding carboxylic acids is 1. The summed E-state index contributed by atoms with van der Waals surface area (Å²) in [6, 6.07) is -0.104. The molecule has 3 rings (SSSR count). The minimum absolute atomic E-state index is 0.104. The Labute approximate surface area is 119 Å². The van der Waals surface area contributed by atoms with Crippen LogP contribution in [0.5, 0.6) is 0 Å². The lowest BCUT2D eigenvalue weighted by molar-refractivity contribution is -0.141. The van der Waals surface area contributed by atoms with Gasteiger partial charge in [0, 0.05) is 19.6 Å². The third-order valence-electron chi connectivity index (χ3n) is 5.03. The van der Waals surface area contributed by atoms with Crippen LogP contribution in [0, 0.1) is 23.7 Å². The standard InChI is InChI=1S/C15H22N2O3/c18-14(19)13-4-6-17(9-13)15(20)16-5-3-12-8-10-1-2-11(12)7-10/h1-2,10-13H,3-9H2,(H,16,20)(H,18,19)/t10-,11+,12?,13?/m1/s1. The first-order valence-corrected chi connectivity index (χ1v) is 7.57. The lowest BCUT2D eigenvalue weighted by atomic mass is 9.91. The molecule has 2 unspecified atom stereocenters. The molecule has 5 nitrogen and oxygen atoms in total. The molecule has 3 aliphatic rings. The third kappa shape index (κ3) is 2.67. The number of hydrogen-bond donors (Lipinski definition) is 2. The third-order valence-corrected chi connectivity index (χ3v) is 5.03. The molecule has 1 heterocycles. The number of fused-ring (bicyclic) bond motifs is 2. The predicted molar refractivity (Wildman–Crippen MR) is 74.2 cm³/mol. The summed E-state index contributed by atoms with van der Waals surface area (Å²) in [7, 11) is 0. The molecule has 2 N–H and O–H groups in total. The van der Waals surface area contributed by atoms with Crippen LogP contribution >= 0.6 is 0 Å². The average Bonchev–Trinajstić information content (AvgIpc) is 3.14. The van der Waals surface area contributed by atoms with E-state index in [0.29, 0.717) is 26.1 Å². The molecule has 5 heteroatoms. The fourth-order valence-corrected chi connectivity index (χ4v) is 3.85. The summed E-state index contributed by atoms with van der Waals surface area (Å²) in [5.74, 6) is 1.02. The molecular weight excluding hydrogens is 256 g/mol. The highest BCUT2D eigenvalue weighted by Gasteiger charge is 2.35. The quantitative estimate of drug-likeness (QED) is 0.769. The zero-order valence-corrected chi connectivity index (χ0v) is 11.6. The van der Waals surface area contributed by atoms with E-state index in [0.717, 1.165) is 24.2 Å². The van der Waals surface area contributed by atoms with E-state index in [1.165, 1.54) is 12.8 Å². The highest BCUT2D eigenvalue weighted by molar-refractivity contribution is 5.77. The summed E-state index contributed by atoms with van der Waals surface area (Å²) in [6.45, 7) is 1.60. The maximum atomic E-state index is 12.0. The van der Waals surface area contributed by atoms with Gasteiger partial charge in [0.1, 0.15) is 0 Å². The first-order chi connectivity index (χ1) is 9.63. The number of urea groups is 1. The van der Waals surface area contributed by atoms with Crippen molar-refractivity contribution in [2.75, 3.05) is 19.6 Å². The molecule has 20 heavy (non-hydrogen) atoms. The SMILES string of the molecule is O=C(O)C1CCN(C(=O)NCCC2C[C@@H]3C=C[C@H]2C3)C1. The molecule has 0 aromatic rings. The number of rotatable bonds is 4. The van der Waals surface area contributed by atoms with Gasteiger partial charge < -0.3 is 15.3 Å². The fourth-order valence-electron chi connectivity index (χ4n) is 3.85. The molecule has 2 amide bonds. The van der Waals surface area contributed by atoms with Crippen molar-refractivity contribution in [3.63, 3.8) is 0 Å². The number of likely N-dealkylation sites (tertiary alicyclic amines) is 1. The van der Waals surface area contributed by atoms with Crippen LogP contribution in [0.15, 0.2) is 12.2 Å². The number of nitrogens with zero attached hydrogens (tertiary/aromatic N) is 1. The first kappa shape index (κ1) is 13.5. The molecule has 0 aromatic carbocycles. The van der Waals surface area contributed by atoms with E-state index in [4.69, 9.17) is 5.11 Å². The monoisotopic (exact) mass is 278 g/mol. The second kappa shape index (κ2) is 5.46. The van der Waals surface area contributed by atoms with E-state index in [1.54, 1.807) is 4.90 Å². The topological polar surface area (TPSA) is 69.6 Å². The Hall–Kier alpha value is -1.52. The number of hydrogen-bond acceptors (Lipinski definition) is 2. The van der Waals surface area contributed by atoms with Crippen LogP contribution in [-0.4, -0.2) is 41.6 Å². The van der Waals surface area contributed by atoms with Crippen LogP contribution in [0.4, 0.5) is 4.79 Å². The molecule has 4 atom stereocenters. The van der Waals surface area contributed by atoms with Crippen molar-refractivity contribution in [1.82, 2.24) is 10.2 Å². The van der Waals surface area contributed by atoms with Crippen LogP contribution in [-0.2, 0) is 4.79 Å². The molecule has 1 saturated heterocycles. The molecule has 0 radical (unpaired) electrons. The molecule has 1 saturated carbocycles. The van der Waals surface area contributed by atoms with Gasteiger partial charge in [0.05, 0.1) is 5.92 Å². The van der Waals surface area contributed by atoms with Gasteiger partial charge in [0.25, 0.3) is 0 Å². The molecule has 110 valence electrons. The maximum absolute atomic E-state index is 12.0. The van der Waals surface area contributed by atoms with E-state index in [2.05, 4.69) is 17.5 Å². The molecule has 1 aliphatic heterocycles. The maximum Gasteiger partial charge on any atom is 0.317 e. The Morgan fingerprint density at radius 2 is 2.15 bits per heavy atom. The van der Waals surface area contributed by atoms with Crippen molar-refractivity contribution in [2.24, 2.45) is 23.7 Å². The van der Waals surface area contributed by atoms with Crippen molar-refractivity contribution >= 4 is 12.0 Å². The molecule has 2 fully saturated rings. The molecule has 2 bridgehead atoms. The first-order valence-electron chi connectivity index (χ1n) is 7.57. The van der Waals surface area contributed by atoms with Crippen molar-refractivity contribution in [3.8, 4) is 0 Å². The fraction of sp³-hybridized carbons (Fsp3) is 0.733. The predicted octanol–water partition coefficient (Wildman–Crippen LogP) is 1.70. The number of allylic oxidation sites excluding steroid dienone is 2. The number of carbonyl (C=O) groups is 2. The number of carboxylic acids is 1. The van der Waals surface area contributed by atoms with Crippen LogP contribution in [0.1, 0.15) is 25.7 Å². The lowest BCUT2D eigenvalue weighted by Gasteiger charge is -2.20. The molecule has 0 spiro atoms. The summed E-state index contributed by atoms with van der Waals surface area (Å²) in [4.78, 5) is 24.4. The number of amides is 2. The van der Waals surface area contributed by atoms with Gasteiger partial charge >= 0.3 is 12.0 Å². The Bertz CT molecular complexity index is 435. The van der Waals surface area contributed by atoms with Crippen LogP contribution in [0.2, 0.25) is 0 Å². The highest BCUT2D eigenvalue weighted by atomic mass is 16.4. The summed E-state index contributed by atoms with van der Waals surface area (Å²) in [5, 5.41) is 11.9. The minimum Gasteiger partial charge on any atom is -0.481 e. The smallest absolute Gasteiger partial charge is 0.317 e. The lowest BCUT2D eigenvalue weighted by Crippen LogP contribution is -2.39. The summed E-state index contributed by atoms with van der Waals surface area (Å²) in [5.41, 5.74) is 0. The molecule has 0 aromatic heterocycles. The van der Waals surface area contributed by atoms with Gasteiger partial charge in [0.15, 0.2) is 0 Å². The van der Waals surface area contributed by atoms with Crippen LogP contribution < -0.4 is 5.32 Å². The Balaban J connectivity index is 1.38. The van der Waals surface area contributed by atoms with Crippen LogP contribution in [0.3, 0.4) is 0 Å². The van der Waals surface area contributed by atoms with E-state index in [9.17, 15) is 9.59 Å². The molecule has 2 aliphatic carbocycles. The Morgan fingerprint density at radius 3 is 2.75 bits per heavy atom. The summed E-state index contributed by atoms with van der Waals surface area (Å²) < 4.78 is 0. The van der Waals surface area contributed by atoms with Crippen molar-refractivity contribution in [1.29, 1.82) is 0 Å². The zero-order chi connectivity index (χ0) is 14.1. The van der Waals surface area contributed by atoms with E-state index < -0.39 is 11.9 Å². The van der Waals surface area contributed by atoms with E-state index >= 15 is 0 Å². The second-order valence-electron chi connectivity index (χ2n) is 6.33. The van der Waals surface area contributed by atoms with E-state index in [1.807, 2.05) is 0 Å². The van der Waals surface area contributed by atoms with Crippen molar-refractivity contribution in [2.45, 2.75) is 25.7 Å². The largest absolute Gasteiger partial charge is 0.481 e. The average molecular weight is 278 g/mol.